The van der Waals surface area contributed by atoms with Crippen molar-refractivity contribution >= 4 is 12.0 Å². The zero-order chi connectivity index (χ0) is 20.6. The monoisotopic (exact) mass is 393 g/mol. The minimum atomic E-state index is -0.488. The Hall–Kier alpha value is -3.41. The van der Waals surface area contributed by atoms with Crippen LogP contribution in [0.1, 0.15) is 36.3 Å². The van der Waals surface area contributed by atoms with Gasteiger partial charge in [-0.1, -0.05) is 31.2 Å². The minimum absolute atomic E-state index is 0.270. The van der Waals surface area contributed by atoms with Crippen LogP contribution in [0.2, 0.25) is 0 Å². The quantitative estimate of drug-likeness (QED) is 0.582. The van der Waals surface area contributed by atoms with Gasteiger partial charge in [0.1, 0.15) is 23.4 Å². The highest BCUT2D eigenvalue weighted by Crippen LogP contribution is 2.21. The molecule has 1 amide bonds. The smallest absolute Gasteiger partial charge is 0.244 e. The van der Waals surface area contributed by atoms with E-state index in [0.29, 0.717) is 12.4 Å². The molecule has 5 nitrogen and oxygen atoms in total. The van der Waals surface area contributed by atoms with Crippen LogP contribution in [-0.2, 0) is 11.8 Å². The van der Waals surface area contributed by atoms with Crippen molar-refractivity contribution in [2.24, 2.45) is 7.05 Å². The van der Waals surface area contributed by atoms with E-state index in [-0.39, 0.29) is 11.7 Å². The van der Waals surface area contributed by atoms with Crippen LogP contribution in [0.3, 0.4) is 0 Å². The average molecular weight is 393 g/mol. The SMILES string of the molecule is CCCOc1ccc(/C=C/C(=O)NC(c2ccc(F)cc2)c2nccn2C)cc1. The molecule has 0 aliphatic heterocycles. The van der Waals surface area contributed by atoms with Gasteiger partial charge in [0.2, 0.25) is 5.91 Å². The molecule has 1 N–H and O–H groups in total. The van der Waals surface area contributed by atoms with Gasteiger partial charge in [0.15, 0.2) is 0 Å². The standard InChI is InChI=1S/C23H24FN3O2/c1-3-16-29-20-11-4-17(5-12-20)6-13-21(28)26-22(23-25-14-15-27(23)2)18-7-9-19(24)10-8-18/h4-15,22H,3,16H2,1-2H3,(H,26,28)/b13-6+. The number of amides is 1. The number of rotatable bonds is 8. The number of aryl methyl sites for hydroxylation is 1. The highest BCUT2D eigenvalue weighted by molar-refractivity contribution is 5.92. The van der Waals surface area contributed by atoms with E-state index in [9.17, 15) is 9.18 Å². The van der Waals surface area contributed by atoms with Gasteiger partial charge in [0.25, 0.3) is 0 Å². The van der Waals surface area contributed by atoms with Crippen molar-refractivity contribution in [2.75, 3.05) is 6.61 Å². The van der Waals surface area contributed by atoms with Crippen LogP contribution in [0.5, 0.6) is 5.75 Å². The Labute approximate surface area is 169 Å². The number of nitrogens with zero attached hydrogens (tertiary/aromatic N) is 2. The Bertz CT molecular complexity index is 963. The summed E-state index contributed by atoms with van der Waals surface area (Å²) in [6.07, 6.45) is 7.62. The van der Waals surface area contributed by atoms with E-state index >= 15 is 0 Å². The second-order valence-corrected chi connectivity index (χ2v) is 6.64. The zero-order valence-corrected chi connectivity index (χ0v) is 16.5. The summed E-state index contributed by atoms with van der Waals surface area (Å²) in [5.74, 6) is 0.869. The summed E-state index contributed by atoms with van der Waals surface area (Å²) in [6.45, 7) is 2.73. The third-order valence-electron chi connectivity index (χ3n) is 4.39. The molecule has 0 aliphatic carbocycles. The molecule has 150 valence electrons. The predicted octanol–water partition coefficient (Wildman–Crippen LogP) is 4.27. The molecule has 1 unspecified atom stereocenters. The van der Waals surface area contributed by atoms with E-state index < -0.39 is 6.04 Å². The fourth-order valence-corrected chi connectivity index (χ4v) is 2.86. The van der Waals surface area contributed by atoms with E-state index in [0.717, 1.165) is 23.3 Å². The van der Waals surface area contributed by atoms with Crippen molar-refractivity contribution in [1.82, 2.24) is 14.9 Å². The van der Waals surface area contributed by atoms with Crippen molar-refractivity contribution < 1.29 is 13.9 Å². The number of imidazole rings is 1. The number of carbonyl (C=O) groups excluding carboxylic acids is 1. The molecule has 0 aliphatic rings. The summed E-state index contributed by atoms with van der Waals surface area (Å²) >= 11 is 0. The molecule has 0 spiro atoms. The highest BCUT2D eigenvalue weighted by Gasteiger charge is 2.19. The number of carbonyl (C=O) groups is 1. The van der Waals surface area contributed by atoms with Crippen LogP contribution in [0, 0.1) is 5.82 Å². The van der Waals surface area contributed by atoms with Gasteiger partial charge in [-0.2, -0.15) is 0 Å². The maximum absolute atomic E-state index is 13.3. The maximum Gasteiger partial charge on any atom is 0.244 e. The lowest BCUT2D eigenvalue weighted by Gasteiger charge is -2.18. The lowest BCUT2D eigenvalue weighted by atomic mass is 10.1. The molecule has 1 aromatic heterocycles. The Morgan fingerprint density at radius 1 is 1.21 bits per heavy atom. The summed E-state index contributed by atoms with van der Waals surface area (Å²) in [5.41, 5.74) is 1.64. The molecule has 0 fully saturated rings. The molecular weight excluding hydrogens is 369 g/mol. The highest BCUT2D eigenvalue weighted by atomic mass is 19.1. The molecule has 2 aromatic carbocycles. The fraction of sp³-hybridized carbons (Fsp3) is 0.217. The summed E-state index contributed by atoms with van der Waals surface area (Å²) < 4.78 is 20.7. The van der Waals surface area contributed by atoms with Crippen molar-refractivity contribution in [2.45, 2.75) is 19.4 Å². The molecule has 3 rings (SSSR count). The molecule has 0 bridgehead atoms. The first kappa shape index (κ1) is 20.3. The molecule has 0 saturated carbocycles. The van der Waals surface area contributed by atoms with Gasteiger partial charge in [-0.25, -0.2) is 9.37 Å². The summed E-state index contributed by atoms with van der Waals surface area (Å²) in [6, 6.07) is 13.1. The second kappa shape index (κ2) is 9.68. The molecule has 0 radical (unpaired) electrons. The van der Waals surface area contributed by atoms with Crippen molar-refractivity contribution in [3.05, 3.63) is 89.8 Å². The molecular formula is C23H24FN3O2. The van der Waals surface area contributed by atoms with Crippen LogP contribution in [0.25, 0.3) is 6.08 Å². The topological polar surface area (TPSA) is 56.1 Å². The van der Waals surface area contributed by atoms with Crippen LogP contribution in [0.4, 0.5) is 4.39 Å². The third kappa shape index (κ3) is 5.54. The van der Waals surface area contributed by atoms with Gasteiger partial charge < -0.3 is 14.6 Å². The van der Waals surface area contributed by atoms with Crippen LogP contribution in [-0.4, -0.2) is 22.1 Å². The number of aromatic nitrogens is 2. The third-order valence-corrected chi connectivity index (χ3v) is 4.39. The Morgan fingerprint density at radius 2 is 1.93 bits per heavy atom. The molecule has 1 heterocycles. The van der Waals surface area contributed by atoms with E-state index in [4.69, 9.17) is 4.74 Å². The largest absolute Gasteiger partial charge is 0.494 e. The number of benzene rings is 2. The van der Waals surface area contributed by atoms with Gasteiger partial charge in [-0.15, -0.1) is 0 Å². The number of ether oxygens (including phenoxy) is 1. The number of hydrogen-bond acceptors (Lipinski definition) is 3. The van der Waals surface area contributed by atoms with Crippen LogP contribution < -0.4 is 10.1 Å². The normalized spacial score (nSPS) is 12.1. The predicted molar refractivity (Wildman–Crippen MR) is 111 cm³/mol. The van der Waals surface area contributed by atoms with E-state index in [1.54, 1.807) is 30.6 Å². The molecule has 29 heavy (non-hydrogen) atoms. The minimum Gasteiger partial charge on any atom is -0.494 e. The summed E-state index contributed by atoms with van der Waals surface area (Å²) in [4.78, 5) is 16.9. The van der Waals surface area contributed by atoms with Crippen molar-refractivity contribution in [1.29, 1.82) is 0 Å². The van der Waals surface area contributed by atoms with Gasteiger partial charge in [-0.05, 0) is 47.9 Å². The fourth-order valence-electron chi connectivity index (χ4n) is 2.86. The van der Waals surface area contributed by atoms with Crippen molar-refractivity contribution in [3.63, 3.8) is 0 Å². The first-order valence-electron chi connectivity index (χ1n) is 9.51. The molecule has 0 saturated heterocycles. The average Bonchev–Trinajstić information content (AvgIpc) is 3.16. The van der Waals surface area contributed by atoms with Crippen molar-refractivity contribution in [3.8, 4) is 5.75 Å². The van der Waals surface area contributed by atoms with Crippen LogP contribution in [0.15, 0.2) is 67.0 Å². The van der Waals surface area contributed by atoms with E-state index in [1.807, 2.05) is 35.9 Å². The van der Waals surface area contributed by atoms with E-state index in [2.05, 4.69) is 17.2 Å². The number of halogens is 1. The lowest BCUT2D eigenvalue weighted by Crippen LogP contribution is -2.29. The maximum atomic E-state index is 13.3. The van der Waals surface area contributed by atoms with Gasteiger partial charge in [0, 0.05) is 25.5 Å². The number of hydrogen-bond donors (Lipinski definition) is 1. The molecule has 6 heteroatoms. The summed E-state index contributed by atoms with van der Waals surface area (Å²) in [7, 11) is 1.85. The lowest BCUT2D eigenvalue weighted by molar-refractivity contribution is -0.117. The zero-order valence-electron chi connectivity index (χ0n) is 16.5. The Morgan fingerprint density at radius 3 is 2.55 bits per heavy atom. The second-order valence-electron chi connectivity index (χ2n) is 6.64. The molecule has 3 aromatic rings. The summed E-state index contributed by atoms with van der Waals surface area (Å²) in [5, 5.41) is 2.95. The van der Waals surface area contributed by atoms with Gasteiger partial charge in [-0.3, -0.25) is 4.79 Å². The van der Waals surface area contributed by atoms with E-state index in [1.165, 1.54) is 18.2 Å². The van der Waals surface area contributed by atoms with Gasteiger partial charge >= 0.3 is 0 Å². The van der Waals surface area contributed by atoms with Gasteiger partial charge in [0.05, 0.1) is 6.61 Å². The molecule has 1 atom stereocenters. The first-order chi connectivity index (χ1) is 14.1. The first-order valence-corrected chi connectivity index (χ1v) is 9.51. The number of nitrogens with one attached hydrogen (secondary N) is 1. The Kier molecular flexibility index (Phi) is 6.79. The van der Waals surface area contributed by atoms with Crippen LogP contribution >= 0.6 is 0 Å². The Balaban J connectivity index is 1.72.